The lowest BCUT2D eigenvalue weighted by Gasteiger charge is -2.09. The van der Waals surface area contributed by atoms with Crippen LogP contribution < -0.4 is 5.32 Å². The lowest BCUT2D eigenvalue weighted by Crippen LogP contribution is -2.26. The molecule has 0 amide bonds. The fourth-order valence-corrected chi connectivity index (χ4v) is 2.21. The van der Waals surface area contributed by atoms with E-state index in [1.54, 1.807) is 0 Å². The van der Waals surface area contributed by atoms with Crippen molar-refractivity contribution in [2.45, 2.75) is 26.3 Å². The number of hydrogen-bond donors (Lipinski definition) is 1. The van der Waals surface area contributed by atoms with Gasteiger partial charge in [-0.3, -0.25) is 0 Å². The van der Waals surface area contributed by atoms with Crippen molar-refractivity contribution < 1.29 is 4.74 Å². The standard InChI is InChI=1S/C19H25NO/c1-16(2)20-13-15-21-14-12-17-8-10-19(11-9-17)18-6-4-3-5-7-18/h3-11,16,20H,12-15H2,1-2H3. The Morgan fingerprint density at radius 2 is 1.52 bits per heavy atom. The van der Waals surface area contributed by atoms with Crippen molar-refractivity contribution in [1.29, 1.82) is 0 Å². The minimum Gasteiger partial charge on any atom is -0.380 e. The van der Waals surface area contributed by atoms with Gasteiger partial charge in [0.1, 0.15) is 0 Å². The van der Waals surface area contributed by atoms with Crippen LogP contribution in [0.15, 0.2) is 54.6 Å². The predicted molar refractivity (Wildman–Crippen MR) is 89.5 cm³/mol. The third-order valence-corrected chi connectivity index (χ3v) is 3.40. The Kier molecular flexibility index (Phi) is 6.45. The maximum Gasteiger partial charge on any atom is 0.0591 e. The van der Waals surface area contributed by atoms with Crippen LogP contribution in [0.25, 0.3) is 11.1 Å². The molecule has 2 aromatic carbocycles. The van der Waals surface area contributed by atoms with Gasteiger partial charge in [0.25, 0.3) is 0 Å². The molecule has 0 aliphatic rings. The molecule has 21 heavy (non-hydrogen) atoms. The zero-order valence-electron chi connectivity index (χ0n) is 13.0. The Bertz CT molecular complexity index is 505. The van der Waals surface area contributed by atoms with Gasteiger partial charge in [-0.2, -0.15) is 0 Å². The first-order valence-electron chi connectivity index (χ1n) is 7.71. The van der Waals surface area contributed by atoms with E-state index in [0.717, 1.165) is 26.2 Å². The number of hydrogen-bond acceptors (Lipinski definition) is 2. The molecule has 0 aromatic heterocycles. The van der Waals surface area contributed by atoms with Gasteiger partial charge in [-0.05, 0) is 23.1 Å². The lowest BCUT2D eigenvalue weighted by atomic mass is 10.0. The van der Waals surface area contributed by atoms with Gasteiger partial charge in [0.05, 0.1) is 13.2 Å². The van der Waals surface area contributed by atoms with Crippen LogP contribution >= 0.6 is 0 Å². The third kappa shape index (κ3) is 5.70. The summed E-state index contributed by atoms with van der Waals surface area (Å²) in [6.45, 7) is 6.78. The average Bonchev–Trinajstić information content (AvgIpc) is 2.52. The van der Waals surface area contributed by atoms with E-state index in [4.69, 9.17) is 4.74 Å². The monoisotopic (exact) mass is 283 g/mol. The van der Waals surface area contributed by atoms with Crippen LogP contribution in [-0.2, 0) is 11.2 Å². The SMILES string of the molecule is CC(C)NCCOCCc1ccc(-c2ccccc2)cc1. The second kappa shape index (κ2) is 8.60. The van der Waals surface area contributed by atoms with Gasteiger partial charge in [0.2, 0.25) is 0 Å². The van der Waals surface area contributed by atoms with Crippen LogP contribution in [0.5, 0.6) is 0 Å². The van der Waals surface area contributed by atoms with Crippen LogP contribution in [0.2, 0.25) is 0 Å². The molecule has 0 heterocycles. The molecule has 0 aliphatic carbocycles. The first kappa shape index (κ1) is 15.7. The molecule has 0 atom stereocenters. The van der Waals surface area contributed by atoms with Crippen LogP contribution in [0.3, 0.4) is 0 Å². The summed E-state index contributed by atoms with van der Waals surface area (Å²) >= 11 is 0. The van der Waals surface area contributed by atoms with E-state index in [0.29, 0.717) is 6.04 Å². The number of ether oxygens (including phenoxy) is 1. The van der Waals surface area contributed by atoms with Crippen LogP contribution in [0.4, 0.5) is 0 Å². The summed E-state index contributed by atoms with van der Waals surface area (Å²) in [6.07, 6.45) is 0.969. The van der Waals surface area contributed by atoms with E-state index in [-0.39, 0.29) is 0 Å². The van der Waals surface area contributed by atoms with E-state index in [2.05, 4.69) is 67.7 Å². The molecular weight excluding hydrogens is 258 g/mol. The van der Waals surface area contributed by atoms with E-state index in [1.807, 2.05) is 6.07 Å². The van der Waals surface area contributed by atoms with Gasteiger partial charge < -0.3 is 10.1 Å². The molecule has 0 saturated heterocycles. The molecule has 0 spiro atoms. The summed E-state index contributed by atoms with van der Waals surface area (Å²) in [5, 5.41) is 3.34. The van der Waals surface area contributed by atoms with Crippen molar-refractivity contribution in [3.63, 3.8) is 0 Å². The average molecular weight is 283 g/mol. The van der Waals surface area contributed by atoms with Crippen molar-refractivity contribution in [2.75, 3.05) is 19.8 Å². The molecule has 0 saturated carbocycles. The fourth-order valence-electron chi connectivity index (χ4n) is 2.21. The van der Waals surface area contributed by atoms with Gasteiger partial charge in [0.15, 0.2) is 0 Å². The van der Waals surface area contributed by atoms with Crippen LogP contribution in [0, 0.1) is 0 Å². The van der Waals surface area contributed by atoms with Gasteiger partial charge in [0, 0.05) is 12.6 Å². The molecule has 112 valence electrons. The number of benzene rings is 2. The Hall–Kier alpha value is -1.64. The predicted octanol–water partition coefficient (Wildman–Crippen LogP) is 3.91. The topological polar surface area (TPSA) is 21.3 Å². The third-order valence-electron chi connectivity index (χ3n) is 3.40. The molecular formula is C19H25NO. The highest BCUT2D eigenvalue weighted by Crippen LogP contribution is 2.19. The van der Waals surface area contributed by atoms with Crippen molar-refractivity contribution in [3.05, 3.63) is 60.2 Å². The van der Waals surface area contributed by atoms with Gasteiger partial charge in [-0.15, -0.1) is 0 Å². The summed E-state index contributed by atoms with van der Waals surface area (Å²) < 4.78 is 5.64. The lowest BCUT2D eigenvalue weighted by molar-refractivity contribution is 0.137. The molecule has 0 fully saturated rings. The highest BCUT2D eigenvalue weighted by atomic mass is 16.5. The Balaban J connectivity index is 1.73. The van der Waals surface area contributed by atoms with Crippen molar-refractivity contribution in [1.82, 2.24) is 5.32 Å². The summed E-state index contributed by atoms with van der Waals surface area (Å²) in [5.74, 6) is 0. The molecule has 0 bridgehead atoms. The molecule has 0 unspecified atom stereocenters. The number of rotatable bonds is 8. The molecule has 0 aliphatic heterocycles. The maximum absolute atomic E-state index is 5.64. The highest BCUT2D eigenvalue weighted by molar-refractivity contribution is 5.63. The van der Waals surface area contributed by atoms with E-state index in [9.17, 15) is 0 Å². The molecule has 0 radical (unpaired) electrons. The fraction of sp³-hybridized carbons (Fsp3) is 0.368. The van der Waals surface area contributed by atoms with Crippen molar-refractivity contribution in [3.8, 4) is 11.1 Å². The minimum absolute atomic E-state index is 0.527. The first-order chi connectivity index (χ1) is 10.3. The minimum atomic E-state index is 0.527. The number of nitrogens with one attached hydrogen (secondary N) is 1. The first-order valence-corrected chi connectivity index (χ1v) is 7.71. The van der Waals surface area contributed by atoms with E-state index in [1.165, 1.54) is 16.7 Å². The second-order valence-electron chi connectivity index (χ2n) is 5.53. The smallest absolute Gasteiger partial charge is 0.0591 e. The van der Waals surface area contributed by atoms with Gasteiger partial charge >= 0.3 is 0 Å². The molecule has 2 nitrogen and oxygen atoms in total. The van der Waals surface area contributed by atoms with Crippen LogP contribution in [-0.4, -0.2) is 25.8 Å². The van der Waals surface area contributed by atoms with Crippen molar-refractivity contribution >= 4 is 0 Å². The maximum atomic E-state index is 5.64. The highest BCUT2D eigenvalue weighted by Gasteiger charge is 1.98. The quantitative estimate of drug-likeness (QED) is 0.742. The largest absolute Gasteiger partial charge is 0.380 e. The van der Waals surface area contributed by atoms with Gasteiger partial charge in [-0.25, -0.2) is 0 Å². The zero-order valence-corrected chi connectivity index (χ0v) is 13.0. The Labute approximate surface area is 128 Å². The van der Waals surface area contributed by atoms with E-state index >= 15 is 0 Å². The normalized spacial score (nSPS) is 11.0. The zero-order chi connectivity index (χ0) is 14.9. The summed E-state index contributed by atoms with van der Waals surface area (Å²) in [6, 6.07) is 19.7. The molecule has 2 rings (SSSR count). The van der Waals surface area contributed by atoms with E-state index < -0.39 is 0 Å². The summed E-state index contributed by atoms with van der Waals surface area (Å²) in [7, 11) is 0. The Morgan fingerprint density at radius 3 is 2.19 bits per heavy atom. The van der Waals surface area contributed by atoms with Crippen LogP contribution in [0.1, 0.15) is 19.4 Å². The second-order valence-corrected chi connectivity index (χ2v) is 5.53. The summed E-state index contributed by atoms with van der Waals surface area (Å²) in [5.41, 5.74) is 3.85. The molecule has 2 heteroatoms. The summed E-state index contributed by atoms with van der Waals surface area (Å²) in [4.78, 5) is 0. The molecule has 1 N–H and O–H groups in total. The van der Waals surface area contributed by atoms with Crippen molar-refractivity contribution in [2.24, 2.45) is 0 Å². The molecule has 2 aromatic rings. The Morgan fingerprint density at radius 1 is 0.857 bits per heavy atom. The van der Waals surface area contributed by atoms with Gasteiger partial charge in [-0.1, -0.05) is 68.4 Å².